The van der Waals surface area contributed by atoms with Gasteiger partial charge in [-0.3, -0.25) is 4.79 Å². The number of rotatable bonds is 18. The van der Waals surface area contributed by atoms with Crippen LogP contribution in [0.1, 0.15) is 67.6 Å². The number of amides is 1. The van der Waals surface area contributed by atoms with Gasteiger partial charge in [0.2, 0.25) is 5.91 Å². The summed E-state index contributed by atoms with van der Waals surface area (Å²) in [6, 6.07) is 13.8. The number of carbonyl (C=O) groups excluding carboxylic acids is 1. The highest BCUT2D eigenvalue weighted by Crippen LogP contribution is 2.41. The summed E-state index contributed by atoms with van der Waals surface area (Å²) in [4.78, 5) is 15.9. The van der Waals surface area contributed by atoms with Gasteiger partial charge in [0.15, 0.2) is 28.7 Å². The molecule has 2 aromatic carbocycles. The molecule has 1 unspecified atom stereocenters. The summed E-state index contributed by atoms with van der Waals surface area (Å²) < 4.78 is 56.3. The zero-order valence-electron chi connectivity index (χ0n) is 33.1. The van der Waals surface area contributed by atoms with Crippen molar-refractivity contribution in [2.24, 2.45) is 5.92 Å². The number of carbonyl (C=O) groups is 1. The van der Waals surface area contributed by atoms with Crippen LogP contribution in [0.5, 0.6) is 23.0 Å². The number of methoxy groups -OCH3 is 4. The average molecular weight is 769 g/mol. The summed E-state index contributed by atoms with van der Waals surface area (Å²) in [5, 5.41) is 3.21. The monoisotopic (exact) mass is 768 g/mol. The molecule has 0 saturated carbocycles. The van der Waals surface area contributed by atoms with Crippen molar-refractivity contribution in [3.63, 3.8) is 0 Å². The van der Waals surface area contributed by atoms with Crippen LogP contribution in [0.3, 0.4) is 0 Å². The van der Waals surface area contributed by atoms with Gasteiger partial charge < -0.3 is 46.8 Å². The number of benzene rings is 2. The number of aromatic nitrogens is 1. The summed E-state index contributed by atoms with van der Waals surface area (Å²) in [5.74, 6) is 2.66. The first kappa shape index (κ1) is 42.5. The molecule has 1 aromatic heterocycles. The average Bonchev–Trinajstić information content (AvgIpc) is 3.70. The maximum atomic E-state index is 16.0. The first-order chi connectivity index (χ1) is 25.3. The van der Waals surface area contributed by atoms with Crippen LogP contribution >= 0.6 is 12.4 Å². The van der Waals surface area contributed by atoms with Crippen molar-refractivity contribution in [1.82, 2.24) is 14.7 Å². The first-order valence-electron chi connectivity index (χ1n) is 18.4. The molecule has 2 aliphatic heterocycles. The van der Waals surface area contributed by atoms with Gasteiger partial charge in [0.05, 0.1) is 28.4 Å². The lowest BCUT2D eigenvalue weighted by atomic mass is 9.68. The molecule has 294 valence electrons. The van der Waals surface area contributed by atoms with Crippen molar-refractivity contribution in [2.45, 2.75) is 65.2 Å². The second kappa shape index (κ2) is 17.9. The molecule has 3 heterocycles. The maximum absolute atomic E-state index is 16.0. The van der Waals surface area contributed by atoms with E-state index in [1.54, 1.807) is 59.7 Å². The molecule has 1 amide bonds. The lowest BCUT2D eigenvalue weighted by Gasteiger charge is -2.39. The van der Waals surface area contributed by atoms with Crippen molar-refractivity contribution in [1.29, 1.82) is 0 Å². The van der Waals surface area contributed by atoms with E-state index in [2.05, 4.69) is 43.2 Å². The fourth-order valence-electron chi connectivity index (χ4n) is 7.92. The third-order valence-corrected chi connectivity index (χ3v) is 11.1. The van der Waals surface area contributed by atoms with Crippen LogP contribution in [-0.2, 0) is 16.6 Å². The smallest absolute Gasteiger partial charge is 0.493 e. The summed E-state index contributed by atoms with van der Waals surface area (Å²) in [7, 11) is 8.64. The molecule has 0 saturated heterocycles. The fraction of sp³-hybridized carbons (Fsp3) is 0.463. The second-order valence-electron chi connectivity index (χ2n) is 14.6. The Hall–Kier alpha value is -4.29. The number of allylic oxidation sites excluding steroid dienone is 2. The van der Waals surface area contributed by atoms with Crippen molar-refractivity contribution in [2.75, 3.05) is 55.1 Å². The van der Waals surface area contributed by atoms with Crippen LogP contribution in [0.4, 0.5) is 8.63 Å². The summed E-state index contributed by atoms with van der Waals surface area (Å²) in [6.45, 7) is 5.94. The van der Waals surface area contributed by atoms with Gasteiger partial charge in [0.25, 0.3) is 0 Å². The Balaban J connectivity index is 0.00000650. The molecule has 0 fully saturated rings. The van der Waals surface area contributed by atoms with E-state index >= 15 is 8.63 Å². The minimum atomic E-state index is -4.08. The number of hydrogen-bond acceptors (Lipinski definition) is 6. The molecule has 1 N–H and O–H groups in total. The third-order valence-electron chi connectivity index (χ3n) is 11.1. The molecule has 1 atom stereocenters. The number of nitrogens with zero attached hydrogens (tertiary/aromatic N) is 3. The predicted octanol–water partition coefficient (Wildman–Crippen LogP) is 7.61. The number of nitrogens with one attached hydrogen (secondary N) is 1. The first-order valence-corrected chi connectivity index (χ1v) is 18.4. The zero-order valence-corrected chi connectivity index (χ0v) is 33.9. The van der Waals surface area contributed by atoms with Crippen molar-refractivity contribution in [3.8, 4) is 23.0 Å². The summed E-state index contributed by atoms with van der Waals surface area (Å²) >= 11 is 0. The van der Waals surface area contributed by atoms with Crippen LogP contribution < -0.4 is 24.3 Å². The van der Waals surface area contributed by atoms with Gasteiger partial charge >= 0.3 is 6.97 Å². The lowest BCUT2D eigenvalue weighted by molar-refractivity contribution is -0.362. The molecule has 54 heavy (non-hydrogen) atoms. The molecule has 5 rings (SSSR count). The van der Waals surface area contributed by atoms with E-state index in [9.17, 15) is 4.79 Å². The molecular formula is C41H56BClF2N4O5. The molecule has 2 aliphatic rings. The van der Waals surface area contributed by atoms with Crippen molar-refractivity contribution in [3.05, 3.63) is 88.4 Å². The van der Waals surface area contributed by atoms with Gasteiger partial charge in [-0.25, -0.2) is 0 Å². The Morgan fingerprint density at radius 3 is 2.20 bits per heavy atom. The summed E-state index contributed by atoms with van der Waals surface area (Å²) in [5.41, 5.74) is 4.56. The van der Waals surface area contributed by atoms with Crippen LogP contribution in [0.15, 0.2) is 60.3 Å². The van der Waals surface area contributed by atoms with E-state index < -0.39 is 12.4 Å². The highest BCUT2D eigenvalue weighted by molar-refractivity contribution is 6.58. The number of halogens is 3. The largest absolute Gasteiger partial charge is 0.737 e. The second-order valence-corrected chi connectivity index (χ2v) is 14.6. The Bertz CT molecular complexity index is 1910. The molecular weight excluding hydrogens is 713 g/mol. The van der Waals surface area contributed by atoms with Crippen LogP contribution in [0.25, 0.3) is 6.08 Å². The number of fused-ring (bicyclic) bond motifs is 2. The molecule has 0 aliphatic carbocycles. The Labute approximate surface area is 325 Å². The predicted molar refractivity (Wildman–Crippen MR) is 215 cm³/mol. The van der Waals surface area contributed by atoms with E-state index in [0.717, 1.165) is 58.2 Å². The number of ether oxygens (including phenoxy) is 4. The van der Waals surface area contributed by atoms with E-state index in [1.165, 1.54) is 5.56 Å². The minimum absolute atomic E-state index is 0. The Kier molecular flexibility index (Phi) is 14.1. The van der Waals surface area contributed by atoms with Gasteiger partial charge in [0.1, 0.15) is 5.71 Å². The summed E-state index contributed by atoms with van der Waals surface area (Å²) in [6.07, 6.45) is 8.08. The highest BCUT2D eigenvalue weighted by Gasteiger charge is 2.52. The number of hydrogen-bond donors (Lipinski definition) is 1. The minimum Gasteiger partial charge on any atom is -0.493 e. The highest BCUT2D eigenvalue weighted by atomic mass is 35.5. The lowest BCUT2D eigenvalue weighted by Crippen LogP contribution is -2.50. The molecule has 3 aromatic rings. The zero-order chi connectivity index (χ0) is 38.5. The van der Waals surface area contributed by atoms with E-state index in [0.29, 0.717) is 46.6 Å². The van der Waals surface area contributed by atoms with Crippen LogP contribution in [0.2, 0.25) is 0 Å². The number of likely N-dealkylation sites (N-methyl/N-ethyl adjacent to an activating group) is 1. The van der Waals surface area contributed by atoms with Crippen LogP contribution in [-0.4, -0.2) is 87.6 Å². The van der Waals surface area contributed by atoms with E-state index in [1.807, 2.05) is 31.2 Å². The molecule has 9 nitrogen and oxygen atoms in total. The maximum Gasteiger partial charge on any atom is 0.737 e. The molecule has 0 spiro atoms. The Morgan fingerprint density at radius 1 is 0.907 bits per heavy atom. The van der Waals surface area contributed by atoms with Gasteiger partial charge in [-0.05, 0) is 105 Å². The quantitative estimate of drug-likeness (QED) is 0.134. The molecule has 0 bridgehead atoms. The third kappa shape index (κ3) is 8.65. The standard InChI is InChI=1S/C41H55BF2N4O5.ClH/c1-28(2)41(32-12-17-37(51-7)39(25-32)53-9,20-10-21-46(5)22-19-31-11-16-36(50-6)38(24-31)52-8)27-45-40(49)18-15-33-13-14-34-26-35-29(3)23-30(4)47(35)42(43,44)48(33)34;/h11-14,16-17,23-26,28H,10,15,18-22,27H2,1-9H3,(H,45,49);1H. The fourth-order valence-corrected chi connectivity index (χ4v) is 7.92. The van der Waals surface area contributed by atoms with Crippen LogP contribution in [0, 0.1) is 19.8 Å². The Morgan fingerprint density at radius 2 is 1.56 bits per heavy atom. The van der Waals surface area contributed by atoms with E-state index in [4.69, 9.17) is 18.9 Å². The van der Waals surface area contributed by atoms with Crippen molar-refractivity contribution < 1.29 is 36.9 Å². The molecule has 13 heteroatoms. The number of aryl methyl sites for hydroxylation is 2. The van der Waals surface area contributed by atoms with Gasteiger partial charge in [0, 0.05) is 55.3 Å². The topological polar surface area (TPSA) is 77.2 Å². The molecule has 0 radical (unpaired) electrons. The van der Waals surface area contributed by atoms with E-state index in [-0.39, 0.29) is 37.1 Å². The van der Waals surface area contributed by atoms with Crippen molar-refractivity contribution >= 4 is 37.1 Å². The SMILES string of the molecule is COc1ccc(CCN(C)CCCC(CNC(=O)CCC2=[N+]3C(=Cc4c(C)cc(C)n4[B-]3(F)F)C=C2)(c2ccc(OC)c(OC)c2)C(C)C)cc1OC.Cl. The normalized spacial score (nSPS) is 15.3. The van der Waals surface area contributed by atoms with Gasteiger partial charge in [-0.1, -0.05) is 26.0 Å². The van der Waals surface area contributed by atoms with Gasteiger partial charge in [-0.15, -0.1) is 12.4 Å². The van der Waals surface area contributed by atoms with Gasteiger partial charge in [-0.2, -0.15) is 0 Å².